The van der Waals surface area contributed by atoms with E-state index in [4.69, 9.17) is 9.84 Å². The fourth-order valence-electron chi connectivity index (χ4n) is 4.85. The average Bonchev–Trinajstić information content (AvgIpc) is 3.39. The average molecular weight is 475 g/mol. The van der Waals surface area contributed by atoms with Gasteiger partial charge < -0.3 is 15.2 Å². The smallest absolute Gasteiger partial charge is 0.412 e. The van der Waals surface area contributed by atoms with Gasteiger partial charge >= 0.3 is 12.1 Å². The Balaban J connectivity index is 1.18. The van der Waals surface area contributed by atoms with Gasteiger partial charge in [0, 0.05) is 18.0 Å². The predicted octanol–water partition coefficient (Wildman–Crippen LogP) is 4.14. The second-order valence-corrected chi connectivity index (χ2v) is 8.99. The summed E-state index contributed by atoms with van der Waals surface area (Å²) < 4.78 is 5.51. The van der Waals surface area contributed by atoms with Gasteiger partial charge in [-0.2, -0.15) is 5.10 Å². The lowest BCUT2D eigenvalue weighted by Gasteiger charge is -2.33. The molecule has 1 fully saturated rings. The SMILES string of the molecule is O=C(O)CC(NC(=O)c1cc(NC(=O)OCC2c3ccccc3-c3ccccc32)n[nH]1)C1CCC1. The molecular weight excluding hydrogens is 448 g/mol. The maximum atomic E-state index is 12.6. The number of rotatable bonds is 8. The Hall–Kier alpha value is -4.14. The fraction of sp³-hybridized carbons (Fsp3) is 0.308. The van der Waals surface area contributed by atoms with Gasteiger partial charge in [-0.05, 0) is 41.0 Å². The van der Waals surface area contributed by atoms with E-state index < -0.39 is 24.0 Å². The number of aromatic amines is 1. The number of nitrogens with one attached hydrogen (secondary N) is 3. The van der Waals surface area contributed by atoms with Gasteiger partial charge in [0.25, 0.3) is 5.91 Å². The number of ether oxygens (including phenoxy) is 1. The second kappa shape index (κ2) is 9.61. The summed E-state index contributed by atoms with van der Waals surface area (Å²) in [5.74, 6) is -1.17. The number of H-pyrrole nitrogens is 1. The predicted molar refractivity (Wildman–Crippen MR) is 128 cm³/mol. The van der Waals surface area contributed by atoms with E-state index in [1.807, 2.05) is 36.4 Å². The summed E-state index contributed by atoms with van der Waals surface area (Å²) in [6, 6.07) is 17.1. The van der Waals surface area contributed by atoms with Crippen molar-refractivity contribution in [2.75, 3.05) is 11.9 Å². The fourth-order valence-corrected chi connectivity index (χ4v) is 4.85. The summed E-state index contributed by atoms with van der Waals surface area (Å²) >= 11 is 0. The van der Waals surface area contributed by atoms with Crippen LogP contribution in [0.3, 0.4) is 0 Å². The number of fused-ring (bicyclic) bond motifs is 3. The highest BCUT2D eigenvalue weighted by molar-refractivity contribution is 5.94. The molecule has 180 valence electrons. The Morgan fingerprint density at radius 3 is 2.31 bits per heavy atom. The number of aromatic nitrogens is 2. The molecule has 1 atom stereocenters. The van der Waals surface area contributed by atoms with Crippen LogP contribution in [-0.2, 0) is 9.53 Å². The van der Waals surface area contributed by atoms with E-state index in [0.717, 1.165) is 41.5 Å². The van der Waals surface area contributed by atoms with E-state index in [2.05, 4.69) is 33.0 Å². The minimum absolute atomic E-state index is 0.0636. The van der Waals surface area contributed by atoms with E-state index in [0.29, 0.717) is 0 Å². The Morgan fingerprint density at radius 1 is 1.06 bits per heavy atom. The van der Waals surface area contributed by atoms with E-state index in [1.165, 1.54) is 6.07 Å². The van der Waals surface area contributed by atoms with Crippen LogP contribution in [0, 0.1) is 5.92 Å². The zero-order valence-corrected chi connectivity index (χ0v) is 19.0. The first-order valence-electron chi connectivity index (χ1n) is 11.7. The number of benzene rings is 2. The Kier molecular flexibility index (Phi) is 6.22. The normalized spacial score (nSPS) is 15.4. The molecule has 1 aromatic heterocycles. The van der Waals surface area contributed by atoms with Crippen molar-refractivity contribution >= 4 is 23.8 Å². The molecular formula is C26H26N4O5. The highest BCUT2D eigenvalue weighted by Gasteiger charge is 2.31. The molecule has 1 heterocycles. The van der Waals surface area contributed by atoms with Crippen molar-refractivity contribution in [3.8, 4) is 11.1 Å². The summed E-state index contributed by atoms with van der Waals surface area (Å²) in [5, 5.41) is 21.0. The van der Waals surface area contributed by atoms with Crippen LogP contribution in [0.2, 0.25) is 0 Å². The zero-order chi connectivity index (χ0) is 24.4. The lowest BCUT2D eigenvalue weighted by molar-refractivity contribution is -0.138. The van der Waals surface area contributed by atoms with Gasteiger partial charge in [0.15, 0.2) is 5.82 Å². The molecule has 0 aliphatic heterocycles. The molecule has 0 saturated heterocycles. The highest BCUT2D eigenvalue weighted by atomic mass is 16.5. The van der Waals surface area contributed by atoms with E-state index in [1.54, 1.807) is 0 Å². The maximum Gasteiger partial charge on any atom is 0.412 e. The van der Waals surface area contributed by atoms with Gasteiger partial charge in [-0.15, -0.1) is 0 Å². The van der Waals surface area contributed by atoms with Crippen molar-refractivity contribution in [3.05, 3.63) is 71.4 Å². The number of anilines is 1. The molecule has 5 rings (SSSR count). The molecule has 9 nitrogen and oxygen atoms in total. The van der Waals surface area contributed by atoms with E-state index in [-0.39, 0.29) is 36.4 Å². The number of carboxylic acids is 1. The number of hydrogen-bond donors (Lipinski definition) is 4. The van der Waals surface area contributed by atoms with E-state index in [9.17, 15) is 14.4 Å². The number of amides is 2. The molecule has 1 unspecified atom stereocenters. The van der Waals surface area contributed by atoms with Crippen LogP contribution in [-0.4, -0.2) is 45.9 Å². The van der Waals surface area contributed by atoms with Crippen LogP contribution in [0.25, 0.3) is 11.1 Å². The second-order valence-electron chi connectivity index (χ2n) is 8.99. The van der Waals surface area contributed by atoms with Gasteiger partial charge in [0.1, 0.15) is 12.3 Å². The van der Waals surface area contributed by atoms with Crippen molar-refractivity contribution in [2.24, 2.45) is 5.92 Å². The van der Waals surface area contributed by atoms with Crippen LogP contribution in [0.15, 0.2) is 54.6 Å². The first-order chi connectivity index (χ1) is 17.0. The molecule has 2 amide bonds. The number of hydrogen-bond acceptors (Lipinski definition) is 5. The number of carboxylic acid groups (broad SMARTS) is 1. The third-order valence-electron chi connectivity index (χ3n) is 6.83. The van der Waals surface area contributed by atoms with Gasteiger partial charge in [-0.1, -0.05) is 55.0 Å². The number of nitrogens with zero attached hydrogens (tertiary/aromatic N) is 1. The Morgan fingerprint density at radius 2 is 1.71 bits per heavy atom. The van der Waals surface area contributed by atoms with Crippen LogP contribution >= 0.6 is 0 Å². The Labute approximate surface area is 201 Å². The van der Waals surface area contributed by atoms with Crippen LogP contribution < -0.4 is 10.6 Å². The van der Waals surface area contributed by atoms with E-state index >= 15 is 0 Å². The molecule has 2 aliphatic carbocycles. The van der Waals surface area contributed by atoms with Crippen molar-refractivity contribution in [2.45, 2.75) is 37.6 Å². The highest BCUT2D eigenvalue weighted by Crippen LogP contribution is 2.44. The third-order valence-corrected chi connectivity index (χ3v) is 6.83. The Bertz CT molecular complexity index is 1220. The van der Waals surface area contributed by atoms with Gasteiger partial charge in [0.05, 0.1) is 6.42 Å². The molecule has 35 heavy (non-hydrogen) atoms. The minimum Gasteiger partial charge on any atom is -0.481 e. The quantitative estimate of drug-likeness (QED) is 0.388. The summed E-state index contributed by atoms with van der Waals surface area (Å²) in [4.78, 5) is 36.2. The van der Waals surface area contributed by atoms with Crippen LogP contribution in [0.5, 0.6) is 0 Å². The third kappa shape index (κ3) is 4.75. The first-order valence-corrected chi connectivity index (χ1v) is 11.7. The standard InChI is InChI=1S/C26H26N4O5/c31-24(32)13-21(15-6-5-7-15)27-25(33)22-12-23(30-29-22)28-26(34)35-14-20-18-10-3-1-8-16(18)17-9-2-4-11-19(17)20/h1-4,8-12,15,20-21H,5-7,13-14H2,(H,27,33)(H,31,32)(H2,28,29,30,34). The molecule has 2 aromatic carbocycles. The molecule has 1 saturated carbocycles. The molecule has 3 aromatic rings. The summed E-state index contributed by atoms with van der Waals surface area (Å²) in [7, 11) is 0. The topological polar surface area (TPSA) is 133 Å². The monoisotopic (exact) mass is 474 g/mol. The van der Waals surface area contributed by atoms with Crippen molar-refractivity contribution in [3.63, 3.8) is 0 Å². The maximum absolute atomic E-state index is 12.6. The molecule has 0 radical (unpaired) electrons. The summed E-state index contributed by atoms with van der Waals surface area (Å²) in [5.41, 5.74) is 4.64. The molecule has 0 spiro atoms. The van der Waals surface area contributed by atoms with Crippen molar-refractivity contribution in [1.82, 2.24) is 15.5 Å². The molecule has 4 N–H and O–H groups in total. The molecule has 9 heteroatoms. The minimum atomic E-state index is -0.954. The molecule has 0 bridgehead atoms. The lowest BCUT2D eigenvalue weighted by Crippen LogP contribution is -2.44. The van der Waals surface area contributed by atoms with Crippen molar-refractivity contribution < 1.29 is 24.2 Å². The van der Waals surface area contributed by atoms with Crippen LogP contribution in [0.4, 0.5) is 10.6 Å². The van der Waals surface area contributed by atoms with Gasteiger partial charge in [-0.25, -0.2) is 4.79 Å². The van der Waals surface area contributed by atoms with Crippen LogP contribution in [0.1, 0.15) is 53.2 Å². The number of carbonyl (C=O) groups excluding carboxylic acids is 2. The van der Waals surface area contributed by atoms with Gasteiger partial charge in [0.2, 0.25) is 0 Å². The van der Waals surface area contributed by atoms with Gasteiger partial charge in [-0.3, -0.25) is 20.0 Å². The zero-order valence-electron chi connectivity index (χ0n) is 19.0. The largest absolute Gasteiger partial charge is 0.481 e. The summed E-state index contributed by atoms with van der Waals surface area (Å²) in [6.45, 7) is 0.163. The number of carbonyl (C=O) groups is 3. The number of aliphatic carboxylic acids is 1. The van der Waals surface area contributed by atoms with Crippen molar-refractivity contribution in [1.29, 1.82) is 0 Å². The lowest BCUT2D eigenvalue weighted by atomic mass is 9.78. The summed E-state index contributed by atoms with van der Waals surface area (Å²) in [6.07, 6.45) is 2.03. The first kappa shape index (κ1) is 22.6. The molecule has 2 aliphatic rings.